The number of benzene rings is 4. The van der Waals surface area contributed by atoms with Gasteiger partial charge < -0.3 is 29.2 Å². The minimum atomic E-state index is -3.15. The Balaban J connectivity index is 1.17. The molecule has 2 saturated heterocycles. The molecule has 4 aliphatic rings. The van der Waals surface area contributed by atoms with Crippen molar-refractivity contribution in [2.75, 3.05) is 23.0 Å². The lowest BCUT2D eigenvalue weighted by Gasteiger charge is -2.32. The Hall–Kier alpha value is -5.41. The van der Waals surface area contributed by atoms with E-state index in [4.69, 9.17) is 9.47 Å². The van der Waals surface area contributed by atoms with Crippen LogP contribution in [0.1, 0.15) is 47.7 Å². The number of rotatable bonds is 8. The fraction of sp³-hybridized carbons (Fsp3) is 0.341. The number of hydrogen-bond donors (Lipinski definition) is 2. The van der Waals surface area contributed by atoms with E-state index in [0.29, 0.717) is 58.2 Å². The van der Waals surface area contributed by atoms with Crippen LogP contribution in [-0.4, -0.2) is 71.1 Å². The van der Waals surface area contributed by atoms with Gasteiger partial charge in [0.2, 0.25) is 5.91 Å². The van der Waals surface area contributed by atoms with Crippen molar-refractivity contribution in [1.82, 2.24) is 4.90 Å². The van der Waals surface area contributed by atoms with Gasteiger partial charge in [0.05, 0.1) is 53.6 Å². The van der Waals surface area contributed by atoms with Gasteiger partial charge in [0.1, 0.15) is 5.75 Å². The van der Waals surface area contributed by atoms with Crippen LogP contribution in [0.25, 0.3) is 0 Å². The van der Waals surface area contributed by atoms with Gasteiger partial charge in [-0.3, -0.25) is 29.4 Å². The van der Waals surface area contributed by atoms with Crippen molar-refractivity contribution in [3.05, 3.63) is 118 Å². The van der Waals surface area contributed by atoms with E-state index in [1.807, 2.05) is 31.2 Å². The second kappa shape index (κ2) is 13.7. The quantitative estimate of drug-likeness (QED) is 0.118. The van der Waals surface area contributed by atoms with Gasteiger partial charge >= 0.3 is 0 Å². The third-order valence-corrected chi connectivity index (χ3v) is 14.1. The first-order valence-corrected chi connectivity index (χ1v) is 21.6. The molecule has 5 atom stereocenters. The second-order valence-corrected chi connectivity index (χ2v) is 19.3. The summed E-state index contributed by atoms with van der Waals surface area (Å²) in [5.74, 6) is -0.692. The van der Waals surface area contributed by atoms with Gasteiger partial charge in [-0.15, -0.1) is 0 Å². The molecule has 4 aromatic carbocycles. The first kappa shape index (κ1) is 36.6. The molecule has 14 heteroatoms. The molecule has 2 fully saturated rings. The fourth-order valence-electron chi connectivity index (χ4n) is 9.22. The van der Waals surface area contributed by atoms with Crippen molar-refractivity contribution in [1.29, 1.82) is 0 Å². The third kappa shape index (κ3) is 6.00. The fourth-order valence-corrected chi connectivity index (χ4v) is 11.8. The highest BCUT2D eigenvalue weighted by molar-refractivity contribution is 6.71. The SMILES string of the molecule is C[C@H]1[C@H]([Si](C)(C)O)[C@@H](CC(=O)N2CCC[C@H]2CO)O[C@]12C(=O)N(Cc1cccc(N3C(=O)c4ccccc4Oc4ccccc43)c1)c1ccc([N+](=O)[O-])cc12. The number of amides is 3. The third-order valence-electron chi connectivity index (χ3n) is 11.6. The van der Waals surface area contributed by atoms with Crippen LogP contribution < -0.4 is 14.5 Å². The van der Waals surface area contributed by atoms with E-state index in [9.17, 15) is 29.6 Å². The Morgan fingerprint density at radius 3 is 2.47 bits per heavy atom. The van der Waals surface area contributed by atoms with Crippen molar-refractivity contribution in [3.63, 3.8) is 0 Å². The van der Waals surface area contributed by atoms with Gasteiger partial charge in [-0.05, 0) is 74.0 Å². The highest BCUT2D eigenvalue weighted by atomic mass is 28.4. The topological polar surface area (TPSA) is 163 Å². The molecular formula is C41H42N4O9Si. The maximum Gasteiger partial charge on any atom is 0.269 e. The van der Waals surface area contributed by atoms with Gasteiger partial charge in [0, 0.05) is 41.4 Å². The van der Waals surface area contributed by atoms with Crippen molar-refractivity contribution in [3.8, 4) is 11.5 Å². The van der Waals surface area contributed by atoms with E-state index in [1.54, 1.807) is 82.4 Å². The number of para-hydroxylation sites is 3. The number of hydrogen-bond acceptors (Lipinski definition) is 9. The number of nitrogens with zero attached hydrogens (tertiary/aromatic N) is 4. The summed E-state index contributed by atoms with van der Waals surface area (Å²) in [6, 6.07) is 25.5. The van der Waals surface area contributed by atoms with E-state index in [-0.39, 0.29) is 43.1 Å². The number of carbonyl (C=O) groups excluding carboxylic acids is 3. The van der Waals surface area contributed by atoms with Crippen molar-refractivity contribution in [2.45, 2.75) is 69.1 Å². The number of likely N-dealkylation sites (tertiary alicyclic amines) is 1. The lowest BCUT2D eigenvalue weighted by molar-refractivity contribution is -0.385. The number of ether oxygens (including phenoxy) is 2. The number of non-ortho nitro benzene ring substituents is 1. The summed E-state index contributed by atoms with van der Waals surface area (Å²) in [6.07, 6.45) is 0.482. The van der Waals surface area contributed by atoms with E-state index < -0.39 is 42.3 Å². The molecule has 0 saturated carbocycles. The summed E-state index contributed by atoms with van der Waals surface area (Å²) in [4.78, 5) is 71.0. The Kier molecular flexibility index (Phi) is 9.11. The van der Waals surface area contributed by atoms with Crippen LogP contribution in [-0.2, 0) is 26.5 Å². The Morgan fingerprint density at radius 1 is 0.982 bits per heavy atom. The average molecular weight is 763 g/mol. The number of aliphatic hydroxyl groups is 1. The summed E-state index contributed by atoms with van der Waals surface area (Å²) in [5, 5.41) is 22.0. The standard InChI is InChI=1S/C41H42N4O9Si/c1-25-38(55(2,3)52)36(22-37(47)42-19-9-12-29(42)24-46)54-41(25)31-21-28(45(50)51)17-18-32(31)43(40(41)49)23-26-10-8-11-27(20-26)44-33-14-5-7-16-35(33)53-34-15-6-4-13-30(34)39(44)48/h4-8,10-11,13-18,20-21,25,29,36,38,46,52H,9,12,19,22-24H2,1-3H3/t25-,29-,36+,38-,41+/m0/s1. The van der Waals surface area contributed by atoms with Crippen molar-refractivity contribution >= 4 is 48.8 Å². The second-order valence-electron chi connectivity index (χ2n) is 15.4. The van der Waals surface area contributed by atoms with Crippen LogP contribution in [0, 0.1) is 16.0 Å². The summed E-state index contributed by atoms with van der Waals surface area (Å²) in [7, 11) is -3.15. The number of nitro groups is 1. The molecule has 3 amide bonds. The van der Waals surface area contributed by atoms with Gasteiger partial charge in [0.25, 0.3) is 17.5 Å². The normalized spacial score (nSPS) is 24.4. The van der Waals surface area contributed by atoms with E-state index >= 15 is 4.79 Å². The molecule has 0 unspecified atom stereocenters. The van der Waals surface area contributed by atoms with Gasteiger partial charge in [-0.1, -0.05) is 43.3 Å². The van der Waals surface area contributed by atoms with Crippen LogP contribution in [0.2, 0.25) is 18.6 Å². The van der Waals surface area contributed by atoms with Crippen molar-refractivity contribution in [2.24, 2.45) is 5.92 Å². The number of carbonyl (C=O) groups is 3. The molecule has 4 aromatic rings. The Labute approximate surface area is 319 Å². The largest absolute Gasteiger partial charge is 0.454 e. The molecule has 0 aliphatic carbocycles. The summed E-state index contributed by atoms with van der Waals surface area (Å²) >= 11 is 0. The number of anilines is 3. The zero-order chi connectivity index (χ0) is 38.8. The van der Waals surface area contributed by atoms with Crippen LogP contribution in [0.3, 0.4) is 0 Å². The zero-order valence-electron chi connectivity index (χ0n) is 30.8. The van der Waals surface area contributed by atoms with Crippen LogP contribution in [0.4, 0.5) is 22.7 Å². The van der Waals surface area contributed by atoms with E-state index in [2.05, 4.69) is 0 Å². The first-order chi connectivity index (χ1) is 26.3. The Bertz CT molecular complexity index is 2230. The molecule has 0 aromatic heterocycles. The van der Waals surface area contributed by atoms with E-state index in [1.165, 1.54) is 12.1 Å². The molecule has 1 spiro atoms. The molecular weight excluding hydrogens is 721 g/mol. The monoisotopic (exact) mass is 762 g/mol. The summed E-state index contributed by atoms with van der Waals surface area (Å²) < 4.78 is 13.0. The zero-order valence-corrected chi connectivity index (χ0v) is 31.8. The molecule has 13 nitrogen and oxygen atoms in total. The summed E-state index contributed by atoms with van der Waals surface area (Å²) in [6.45, 7) is 5.70. The average Bonchev–Trinajstić information content (AvgIpc) is 3.80. The lowest BCUT2D eigenvalue weighted by Crippen LogP contribution is -2.46. The van der Waals surface area contributed by atoms with Crippen LogP contribution >= 0.6 is 0 Å². The van der Waals surface area contributed by atoms with Gasteiger partial charge in [-0.2, -0.15) is 0 Å². The Morgan fingerprint density at radius 2 is 1.73 bits per heavy atom. The number of aliphatic hydroxyl groups excluding tert-OH is 1. The number of fused-ring (bicyclic) bond motifs is 4. The van der Waals surface area contributed by atoms with Crippen LogP contribution in [0.5, 0.6) is 11.5 Å². The molecule has 2 N–H and O–H groups in total. The predicted octanol–water partition coefficient (Wildman–Crippen LogP) is 6.40. The van der Waals surface area contributed by atoms with Crippen molar-refractivity contribution < 1.29 is 38.7 Å². The molecule has 4 aliphatic heterocycles. The summed E-state index contributed by atoms with van der Waals surface area (Å²) in [5.41, 5.74) is 0.372. The minimum absolute atomic E-state index is 0.0340. The van der Waals surface area contributed by atoms with Gasteiger partial charge in [0.15, 0.2) is 19.7 Å². The molecule has 284 valence electrons. The molecule has 4 heterocycles. The highest BCUT2D eigenvalue weighted by Gasteiger charge is 2.67. The number of nitro benzene ring substituents is 1. The molecule has 0 bridgehead atoms. The molecule has 0 radical (unpaired) electrons. The predicted molar refractivity (Wildman–Crippen MR) is 206 cm³/mol. The highest BCUT2D eigenvalue weighted by Crippen LogP contribution is 2.60. The smallest absolute Gasteiger partial charge is 0.269 e. The minimum Gasteiger partial charge on any atom is -0.454 e. The van der Waals surface area contributed by atoms with Crippen LogP contribution in [0.15, 0.2) is 91.0 Å². The van der Waals surface area contributed by atoms with E-state index in [0.717, 1.165) is 6.42 Å². The maximum atomic E-state index is 15.1. The molecule has 8 rings (SSSR count). The molecule has 55 heavy (non-hydrogen) atoms. The lowest BCUT2D eigenvalue weighted by atomic mass is 9.82. The first-order valence-electron chi connectivity index (χ1n) is 18.5. The maximum absolute atomic E-state index is 15.1. The van der Waals surface area contributed by atoms with Gasteiger partial charge in [-0.25, -0.2) is 0 Å².